The monoisotopic (exact) mass is 454 g/mol. The number of carboxylic acid groups (broad SMARTS) is 2. The molecule has 0 aromatic rings. The van der Waals surface area contributed by atoms with Crippen LogP contribution in [-0.4, -0.2) is 85.2 Å². The van der Waals surface area contributed by atoms with Gasteiger partial charge in [0.25, 0.3) is 0 Å². The van der Waals surface area contributed by atoms with Crippen molar-refractivity contribution in [3.8, 4) is 0 Å². The topological polar surface area (TPSA) is 143 Å². The molecular weight excluding hydrogens is 408 g/mol. The summed E-state index contributed by atoms with van der Waals surface area (Å²) in [5.74, 6) is -1.35. The van der Waals surface area contributed by atoms with Gasteiger partial charge in [-0.1, -0.05) is 52.4 Å². The molecule has 0 saturated heterocycles. The Hall–Kier alpha value is -1.26. The molecule has 0 spiro atoms. The first-order chi connectivity index (χ1) is 15.0. The highest BCUT2D eigenvalue weighted by Crippen LogP contribution is 2.02. The van der Waals surface area contributed by atoms with Crippen molar-refractivity contribution in [1.29, 1.82) is 0 Å². The average Bonchev–Trinajstić information content (AvgIpc) is 2.74. The van der Waals surface area contributed by atoms with Crippen LogP contribution in [-0.2, 0) is 23.8 Å². The largest absolute Gasteiger partial charge is 0.481 e. The molecular formula is C22H46O9. The van der Waals surface area contributed by atoms with E-state index in [-0.39, 0.29) is 13.2 Å². The van der Waals surface area contributed by atoms with Crippen LogP contribution in [0, 0.1) is 0 Å². The van der Waals surface area contributed by atoms with Gasteiger partial charge in [-0.25, -0.2) is 0 Å². The SMILES string of the molecule is CCCCCCC(=O)O.CCCCCCC(=O)O.OCCOCCOCCOCCO. The fraction of sp³-hybridized carbons (Fsp3) is 0.909. The van der Waals surface area contributed by atoms with Gasteiger partial charge in [0, 0.05) is 12.8 Å². The van der Waals surface area contributed by atoms with Crippen LogP contribution >= 0.6 is 0 Å². The van der Waals surface area contributed by atoms with Crippen LogP contribution < -0.4 is 0 Å². The van der Waals surface area contributed by atoms with E-state index >= 15 is 0 Å². The van der Waals surface area contributed by atoms with E-state index in [1.807, 2.05) is 0 Å². The number of hydrogen-bond acceptors (Lipinski definition) is 7. The zero-order chi connectivity index (χ0) is 24.0. The summed E-state index contributed by atoms with van der Waals surface area (Å²) >= 11 is 0. The fourth-order valence-electron chi connectivity index (χ4n) is 2.08. The number of rotatable bonds is 20. The molecule has 9 heteroatoms. The maximum absolute atomic E-state index is 9.96. The summed E-state index contributed by atoms with van der Waals surface area (Å²) in [6.07, 6.45) is 9.11. The van der Waals surface area contributed by atoms with Crippen LogP contribution in [0.2, 0.25) is 0 Å². The highest BCUT2D eigenvalue weighted by Gasteiger charge is 1.95. The van der Waals surface area contributed by atoms with Crippen molar-refractivity contribution in [3.63, 3.8) is 0 Å². The van der Waals surface area contributed by atoms with Crippen LogP contribution in [0.5, 0.6) is 0 Å². The Morgan fingerprint density at radius 3 is 1.13 bits per heavy atom. The molecule has 0 heterocycles. The standard InChI is InChI=1S/C8H18O5.2C7H14O2/c9-1-3-11-5-7-13-8-6-12-4-2-10;2*1-2-3-4-5-6-7(8)9/h9-10H,1-8H2;2*2-6H2,1H3,(H,8,9). The second-order valence-electron chi connectivity index (χ2n) is 6.69. The van der Waals surface area contributed by atoms with E-state index in [1.165, 1.54) is 12.8 Å². The van der Waals surface area contributed by atoms with E-state index in [9.17, 15) is 9.59 Å². The first-order valence-electron chi connectivity index (χ1n) is 11.3. The molecule has 0 aromatic heterocycles. The van der Waals surface area contributed by atoms with Crippen molar-refractivity contribution < 1.29 is 44.2 Å². The summed E-state index contributed by atoms with van der Waals surface area (Å²) in [5, 5.41) is 33.1. The van der Waals surface area contributed by atoms with Gasteiger partial charge in [-0.2, -0.15) is 0 Å². The smallest absolute Gasteiger partial charge is 0.303 e. The Bertz CT molecular complexity index is 320. The van der Waals surface area contributed by atoms with Gasteiger partial charge in [0.15, 0.2) is 0 Å². The third-order valence-electron chi connectivity index (χ3n) is 3.70. The number of carboxylic acids is 2. The highest BCUT2D eigenvalue weighted by molar-refractivity contribution is 5.66. The Kier molecular flexibility index (Phi) is 37.0. The summed E-state index contributed by atoms with van der Waals surface area (Å²) in [6, 6.07) is 0. The lowest BCUT2D eigenvalue weighted by atomic mass is 10.2. The van der Waals surface area contributed by atoms with E-state index in [4.69, 9.17) is 34.6 Å². The van der Waals surface area contributed by atoms with Gasteiger partial charge >= 0.3 is 11.9 Å². The van der Waals surface area contributed by atoms with Gasteiger partial charge in [0.1, 0.15) is 0 Å². The molecule has 0 amide bonds. The lowest BCUT2D eigenvalue weighted by Gasteiger charge is -2.04. The minimum atomic E-state index is -0.675. The molecule has 0 bridgehead atoms. The average molecular weight is 455 g/mol. The molecule has 31 heavy (non-hydrogen) atoms. The van der Waals surface area contributed by atoms with Crippen molar-refractivity contribution in [1.82, 2.24) is 0 Å². The third-order valence-corrected chi connectivity index (χ3v) is 3.70. The zero-order valence-corrected chi connectivity index (χ0v) is 19.6. The van der Waals surface area contributed by atoms with E-state index in [2.05, 4.69) is 13.8 Å². The number of aliphatic hydroxyl groups excluding tert-OH is 2. The summed E-state index contributed by atoms with van der Waals surface area (Å²) in [5.41, 5.74) is 0. The second-order valence-corrected chi connectivity index (χ2v) is 6.69. The van der Waals surface area contributed by atoms with E-state index in [0.29, 0.717) is 52.5 Å². The lowest BCUT2D eigenvalue weighted by Crippen LogP contribution is -2.11. The van der Waals surface area contributed by atoms with Crippen LogP contribution in [0.4, 0.5) is 0 Å². The minimum Gasteiger partial charge on any atom is -0.481 e. The van der Waals surface area contributed by atoms with Gasteiger partial charge in [0.05, 0.1) is 52.9 Å². The van der Waals surface area contributed by atoms with E-state index in [1.54, 1.807) is 0 Å². The number of aliphatic carboxylic acids is 2. The van der Waals surface area contributed by atoms with E-state index < -0.39 is 11.9 Å². The van der Waals surface area contributed by atoms with Crippen LogP contribution in [0.15, 0.2) is 0 Å². The molecule has 188 valence electrons. The lowest BCUT2D eigenvalue weighted by molar-refractivity contribution is -0.138. The molecule has 0 unspecified atom stereocenters. The van der Waals surface area contributed by atoms with Crippen molar-refractivity contribution >= 4 is 11.9 Å². The number of hydrogen-bond donors (Lipinski definition) is 4. The predicted octanol–water partition coefficient (Wildman–Crippen LogP) is 3.10. The number of carbonyl (C=O) groups is 2. The van der Waals surface area contributed by atoms with Gasteiger partial charge in [-0.05, 0) is 12.8 Å². The zero-order valence-electron chi connectivity index (χ0n) is 19.6. The Balaban J connectivity index is -0.000000390. The van der Waals surface area contributed by atoms with Crippen molar-refractivity contribution in [2.24, 2.45) is 0 Å². The third kappa shape index (κ3) is 47.8. The molecule has 0 rings (SSSR count). The molecule has 0 aliphatic carbocycles. The van der Waals surface area contributed by atoms with Crippen molar-refractivity contribution in [2.45, 2.75) is 78.1 Å². The molecule has 0 fully saturated rings. The normalized spacial score (nSPS) is 9.94. The molecule has 0 aliphatic heterocycles. The quantitative estimate of drug-likeness (QED) is 0.204. The van der Waals surface area contributed by atoms with Crippen molar-refractivity contribution in [3.05, 3.63) is 0 Å². The Morgan fingerprint density at radius 2 is 0.871 bits per heavy atom. The van der Waals surface area contributed by atoms with Crippen LogP contribution in [0.25, 0.3) is 0 Å². The summed E-state index contributed by atoms with van der Waals surface area (Å²) in [4.78, 5) is 19.9. The van der Waals surface area contributed by atoms with Gasteiger partial charge < -0.3 is 34.6 Å². The minimum absolute atomic E-state index is 0.0413. The van der Waals surface area contributed by atoms with Crippen molar-refractivity contribution in [2.75, 3.05) is 52.9 Å². The summed E-state index contributed by atoms with van der Waals surface area (Å²) in [7, 11) is 0. The number of unbranched alkanes of at least 4 members (excludes halogenated alkanes) is 6. The molecule has 0 atom stereocenters. The van der Waals surface area contributed by atoms with E-state index in [0.717, 1.165) is 38.5 Å². The van der Waals surface area contributed by atoms with Gasteiger partial charge in [-0.3, -0.25) is 9.59 Å². The maximum atomic E-state index is 9.96. The molecule has 0 aliphatic rings. The van der Waals surface area contributed by atoms with Gasteiger partial charge in [-0.15, -0.1) is 0 Å². The predicted molar refractivity (Wildman–Crippen MR) is 119 cm³/mol. The van der Waals surface area contributed by atoms with Crippen LogP contribution in [0.3, 0.4) is 0 Å². The number of ether oxygens (including phenoxy) is 3. The fourth-order valence-corrected chi connectivity index (χ4v) is 2.08. The summed E-state index contributed by atoms with van der Waals surface area (Å²) in [6.45, 7) is 6.99. The Labute approximate surface area is 187 Å². The van der Waals surface area contributed by atoms with Gasteiger partial charge in [0.2, 0.25) is 0 Å². The van der Waals surface area contributed by atoms with Crippen LogP contribution in [0.1, 0.15) is 78.1 Å². The highest BCUT2D eigenvalue weighted by atomic mass is 16.5. The molecule has 0 saturated carbocycles. The molecule has 0 aromatic carbocycles. The second kappa shape index (κ2) is 33.4. The summed E-state index contributed by atoms with van der Waals surface area (Å²) < 4.78 is 15.0. The first-order valence-corrected chi connectivity index (χ1v) is 11.3. The molecule has 9 nitrogen and oxygen atoms in total. The first kappa shape index (κ1) is 34.4. The maximum Gasteiger partial charge on any atom is 0.303 e. The number of aliphatic hydroxyl groups is 2. The Morgan fingerprint density at radius 1 is 0.548 bits per heavy atom. The molecule has 0 radical (unpaired) electrons. The molecule has 4 N–H and O–H groups in total.